The van der Waals surface area contributed by atoms with Gasteiger partial charge in [-0.2, -0.15) is 4.80 Å². The van der Waals surface area contributed by atoms with Crippen LogP contribution in [0.1, 0.15) is 45.0 Å². The summed E-state index contributed by atoms with van der Waals surface area (Å²) in [6, 6.07) is 8.22. The number of nitrogens with one attached hydrogen (secondary N) is 1. The molecule has 0 aliphatic carbocycles. The Balaban J connectivity index is 1.86. The summed E-state index contributed by atoms with van der Waals surface area (Å²) in [6.45, 7) is 8.85. The maximum atomic E-state index is 13.7. The average molecular weight is 545 g/mol. The fourth-order valence-electron chi connectivity index (χ4n) is 3.80. The molecule has 12 heteroatoms. The Kier molecular flexibility index (Phi) is 10.2. The molecule has 0 saturated heterocycles. The summed E-state index contributed by atoms with van der Waals surface area (Å²) in [4.78, 5) is 30.7. The topological polar surface area (TPSA) is 121 Å². The summed E-state index contributed by atoms with van der Waals surface area (Å²) in [5.41, 5.74) is 0.199. The summed E-state index contributed by atoms with van der Waals surface area (Å²) >= 11 is 1.43. The highest BCUT2D eigenvalue weighted by Gasteiger charge is 2.34. The van der Waals surface area contributed by atoms with Gasteiger partial charge in [0.25, 0.3) is 0 Å². The molecule has 1 N–H and O–H groups in total. The van der Waals surface area contributed by atoms with Crippen LogP contribution in [0.2, 0.25) is 0 Å². The molecule has 0 saturated carbocycles. The smallest absolute Gasteiger partial charge is 0.248 e. The van der Waals surface area contributed by atoms with Crippen molar-refractivity contribution in [2.45, 2.75) is 52.2 Å². The van der Waals surface area contributed by atoms with Crippen LogP contribution in [0.5, 0.6) is 11.5 Å². The van der Waals surface area contributed by atoms with E-state index in [1.165, 1.54) is 16.1 Å². The number of methoxy groups -OCH3 is 2. The molecule has 11 nitrogen and oxygen atoms in total. The number of benzene rings is 1. The zero-order chi connectivity index (χ0) is 27.7. The van der Waals surface area contributed by atoms with Gasteiger partial charge in [-0.15, -0.1) is 21.5 Å². The van der Waals surface area contributed by atoms with Gasteiger partial charge < -0.3 is 24.4 Å². The van der Waals surface area contributed by atoms with E-state index in [1.807, 2.05) is 45.2 Å². The van der Waals surface area contributed by atoms with Crippen LogP contribution in [0.15, 0.2) is 35.7 Å². The van der Waals surface area contributed by atoms with Crippen molar-refractivity contribution in [1.29, 1.82) is 0 Å². The molecule has 3 aromatic rings. The van der Waals surface area contributed by atoms with E-state index in [4.69, 9.17) is 14.2 Å². The van der Waals surface area contributed by atoms with E-state index in [0.29, 0.717) is 49.1 Å². The van der Waals surface area contributed by atoms with Gasteiger partial charge >= 0.3 is 0 Å². The largest absolute Gasteiger partial charge is 0.493 e. The Bertz CT molecular complexity index is 1190. The normalized spacial score (nSPS) is 12.2. The summed E-state index contributed by atoms with van der Waals surface area (Å²) in [6.07, 6.45) is 0.575. The first-order valence-corrected chi connectivity index (χ1v) is 13.3. The first kappa shape index (κ1) is 29.1. The molecule has 0 radical (unpaired) electrons. The van der Waals surface area contributed by atoms with E-state index < -0.39 is 11.6 Å². The number of carbonyl (C=O) groups excluding carboxylic acids is 2. The number of nitrogens with zero attached hydrogens (tertiary/aromatic N) is 5. The number of amides is 2. The van der Waals surface area contributed by atoms with Crippen molar-refractivity contribution in [2.24, 2.45) is 0 Å². The fraction of sp³-hybridized carbons (Fsp3) is 0.500. The van der Waals surface area contributed by atoms with Crippen LogP contribution in [-0.2, 0) is 20.9 Å². The molecule has 1 aromatic carbocycles. The highest BCUT2D eigenvalue weighted by Crippen LogP contribution is 2.31. The van der Waals surface area contributed by atoms with Crippen molar-refractivity contribution in [3.05, 3.63) is 40.6 Å². The van der Waals surface area contributed by atoms with E-state index in [0.717, 1.165) is 4.88 Å². The first-order chi connectivity index (χ1) is 18.2. The summed E-state index contributed by atoms with van der Waals surface area (Å²) < 4.78 is 16.1. The van der Waals surface area contributed by atoms with Crippen LogP contribution in [0.25, 0.3) is 11.4 Å². The van der Waals surface area contributed by atoms with Crippen LogP contribution >= 0.6 is 11.3 Å². The Morgan fingerprint density at radius 3 is 2.55 bits per heavy atom. The standard InChI is InChI=1S/C26H36N6O5S/c1-7-37-14-9-13-31(23(21-10-8-15-38-21)25(34)27-26(2,3)4)22(33)17-32-29-24(28-30-32)18-11-12-19(35-5)20(16-18)36-6/h8,10-12,15-16,23H,7,9,13-14,17H2,1-6H3,(H,27,34). The summed E-state index contributed by atoms with van der Waals surface area (Å²) in [7, 11) is 3.10. The van der Waals surface area contributed by atoms with Gasteiger partial charge in [0.1, 0.15) is 12.6 Å². The molecule has 2 aromatic heterocycles. The quantitative estimate of drug-likeness (QED) is 0.325. The second-order valence-corrected chi connectivity index (χ2v) is 10.5. The predicted molar refractivity (Wildman–Crippen MR) is 144 cm³/mol. The Labute approximate surface area is 227 Å². The van der Waals surface area contributed by atoms with Crippen LogP contribution in [0, 0.1) is 0 Å². The Hall–Kier alpha value is -3.51. The van der Waals surface area contributed by atoms with Crippen LogP contribution in [-0.4, -0.2) is 76.4 Å². The van der Waals surface area contributed by atoms with Crippen molar-refractivity contribution >= 4 is 23.2 Å². The van der Waals surface area contributed by atoms with Crippen molar-refractivity contribution in [3.8, 4) is 22.9 Å². The lowest BCUT2D eigenvalue weighted by Crippen LogP contribution is -2.50. The van der Waals surface area contributed by atoms with E-state index in [2.05, 4.69) is 20.7 Å². The van der Waals surface area contributed by atoms with E-state index in [1.54, 1.807) is 37.3 Å². The Morgan fingerprint density at radius 1 is 1.16 bits per heavy atom. The molecule has 3 rings (SSSR count). The third-order valence-corrected chi connectivity index (χ3v) is 6.38. The highest BCUT2D eigenvalue weighted by molar-refractivity contribution is 7.10. The molecule has 2 amide bonds. The molecule has 206 valence electrons. The lowest BCUT2D eigenvalue weighted by molar-refractivity contribution is -0.142. The first-order valence-electron chi connectivity index (χ1n) is 12.4. The molecule has 0 fully saturated rings. The lowest BCUT2D eigenvalue weighted by atomic mass is 10.1. The van der Waals surface area contributed by atoms with E-state index >= 15 is 0 Å². The number of ether oxygens (including phenoxy) is 3. The summed E-state index contributed by atoms with van der Waals surface area (Å²) in [5, 5.41) is 17.5. The second-order valence-electron chi connectivity index (χ2n) is 9.51. The maximum absolute atomic E-state index is 13.7. The molecule has 0 aliphatic heterocycles. The van der Waals surface area contributed by atoms with Gasteiger partial charge in [0.05, 0.1) is 14.2 Å². The molecule has 38 heavy (non-hydrogen) atoms. The minimum absolute atomic E-state index is 0.181. The van der Waals surface area contributed by atoms with Crippen molar-refractivity contribution in [2.75, 3.05) is 34.0 Å². The van der Waals surface area contributed by atoms with Crippen LogP contribution in [0.3, 0.4) is 0 Å². The van der Waals surface area contributed by atoms with Crippen LogP contribution < -0.4 is 14.8 Å². The van der Waals surface area contributed by atoms with Gasteiger partial charge in [-0.3, -0.25) is 9.59 Å². The monoisotopic (exact) mass is 544 g/mol. The van der Waals surface area contributed by atoms with Crippen LogP contribution in [0.4, 0.5) is 0 Å². The zero-order valence-electron chi connectivity index (χ0n) is 22.8. The zero-order valence-corrected chi connectivity index (χ0v) is 23.6. The maximum Gasteiger partial charge on any atom is 0.248 e. The molecule has 1 unspecified atom stereocenters. The molecule has 0 bridgehead atoms. The number of thiophene rings is 1. The third-order valence-electron chi connectivity index (χ3n) is 5.45. The van der Waals surface area contributed by atoms with Gasteiger partial charge in [-0.25, -0.2) is 0 Å². The molecule has 2 heterocycles. The number of carbonyl (C=O) groups is 2. The molecule has 0 spiro atoms. The Morgan fingerprint density at radius 2 is 1.92 bits per heavy atom. The minimum atomic E-state index is -0.794. The molecule has 0 aliphatic rings. The average Bonchev–Trinajstić information content (AvgIpc) is 3.57. The number of tetrazole rings is 1. The number of hydrogen-bond acceptors (Lipinski definition) is 9. The lowest BCUT2D eigenvalue weighted by Gasteiger charge is -2.33. The number of aromatic nitrogens is 4. The van der Waals surface area contributed by atoms with Gasteiger partial charge in [0, 0.05) is 35.7 Å². The molecular weight excluding hydrogens is 508 g/mol. The van der Waals surface area contributed by atoms with Gasteiger partial charge in [0.2, 0.25) is 17.6 Å². The van der Waals surface area contributed by atoms with Gasteiger partial charge in [0.15, 0.2) is 11.5 Å². The van der Waals surface area contributed by atoms with Gasteiger partial charge in [-0.1, -0.05) is 6.07 Å². The molecule has 1 atom stereocenters. The van der Waals surface area contributed by atoms with Gasteiger partial charge in [-0.05, 0) is 69.0 Å². The van der Waals surface area contributed by atoms with E-state index in [9.17, 15) is 9.59 Å². The molecular formula is C26H36N6O5S. The SMILES string of the molecule is CCOCCCN(C(=O)Cn1nnc(-c2ccc(OC)c(OC)c2)n1)C(C(=O)NC(C)(C)C)c1cccs1. The highest BCUT2D eigenvalue weighted by atomic mass is 32.1. The summed E-state index contributed by atoms with van der Waals surface area (Å²) in [5.74, 6) is 0.889. The van der Waals surface area contributed by atoms with E-state index in [-0.39, 0.29) is 18.4 Å². The minimum Gasteiger partial charge on any atom is -0.493 e. The van der Waals surface area contributed by atoms with Crippen molar-refractivity contribution < 1.29 is 23.8 Å². The second kappa shape index (κ2) is 13.3. The number of hydrogen-bond donors (Lipinski definition) is 1. The predicted octanol–water partition coefficient (Wildman–Crippen LogP) is 3.33. The van der Waals surface area contributed by atoms with Crippen molar-refractivity contribution in [1.82, 2.24) is 30.4 Å². The third kappa shape index (κ3) is 7.75. The van der Waals surface area contributed by atoms with Crippen molar-refractivity contribution in [3.63, 3.8) is 0 Å². The fourth-order valence-corrected chi connectivity index (χ4v) is 4.64. The number of rotatable bonds is 13.